The third-order valence-corrected chi connectivity index (χ3v) is 11.0. The summed E-state index contributed by atoms with van der Waals surface area (Å²) in [5.41, 5.74) is 0.944. The van der Waals surface area contributed by atoms with Gasteiger partial charge in [-0.25, -0.2) is 0 Å². The van der Waals surface area contributed by atoms with Crippen LogP contribution in [0, 0.1) is 0 Å². The summed E-state index contributed by atoms with van der Waals surface area (Å²) >= 11 is 1.64. The van der Waals surface area contributed by atoms with E-state index in [1.807, 2.05) is 0 Å². The van der Waals surface area contributed by atoms with Crippen molar-refractivity contribution in [3.05, 3.63) is 127 Å². The summed E-state index contributed by atoms with van der Waals surface area (Å²) in [4.78, 5) is 0. The molecule has 0 bridgehead atoms. The van der Waals surface area contributed by atoms with Gasteiger partial charge in [0.25, 0.3) is 0 Å². The van der Waals surface area contributed by atoms with E-state index in [1.54, 1.807) is 23.3 Å². The van der Waals surface area contributed by atoms with Gasteiger partial charge >= 0.3 is 99.8 Å². The van der Waals surface area contributed by atoms with Crippen LogP contribution in [0.2, 0.25) is 0 Å². The number of hydrogen-bond acceptors (Lipinski definition) is 0. The molecule has 0 saturated heterocycles. The van der Waals surface area contributed by atoms with Crippen LogP contribution in [-0.2, 0) is 23.3 Å². The minimum absolute atomic E-state index is 0. The van der Waals surface area contributed by atoms with Gasteiger partial charge in [0.2, 0.25) is 0 Å². The van der Waals surface area contributed by atoms with E-state index < -0.39 is 5.43 Å². The zero-order valence-electron chi connectivity index (χ0n) is 16.4. The Kier molecular flexibility index (Phi) is 10.1. The van der Waals surface area contributed by atoms with Crippen molar-refractivity contribution < 1.29 is 48.1 Å². The molecule has 1 aliphatic carbocycles. The van der Waals surface area contributed by atoms with Crippen LogP contribution >= 0.6 is 0 Å². The Bertz CT molecular complexity index is 1040. The molecule has 0 saturated carbocycles. The number of hydrogen-bond donors (Lipinski definition) is 0. The Labute approximate surface area is 206 Å². The predicted molar refractivity (Wildman–Crippen MR) is 118 cm³/mol. The average molecular weight is 524 g/mol. The van der Waals surface area contributed by atoms with Gasteiger partial charge in [-0.2, -0.15) is 6.07 Å². The van der Waals surface area contributed by atoms with Crippen molar-refractivity contribution in [3.63, 3.8) is 0 Å². The Morgan fingerprint density at radius 1 is 0.667 bits per heavy atom. The monoisotopic (exact) mass is 521 g/mol. The third kappa shape index (κ3) is 6.22. The fraction of sp³-hybridized carbons (Fsp3) is 0.0385. The first kappa shape index (κ1) is 24.7. The molecule has 0 amide bonds. The SMILES string of the molecule is C1=CC(c2cc3ccccc3[cH-]2)C=C1.[Cl-].[Cl-].[Zr+2]=[Si](c1ccccc1)c1ccccc1. The van der Waals surface area contributed by atoms with Gasteiger partial charge in [-0.15, -0.1) is 40.6 Å². The van der Waals surface area contributed by atoms with Gasteiger partial charge in [-0.05, 0) is 0 Å². The van der Waals surface area contributed by atoms with E-state index >= 15 is 0 Å². The average Bonchev–Trinajstić information content (AvgIpc) is 3.44. The molecule has 0 radical (unpaired) electrons. The molecule has 0 aromatic heterocycles. The minimum atomic E-state index is -0.455. The van der Waals surface area contributed by atoms with E-state index in [9.17, 15) is 0 Å². The van der Waals surface area contributed by atoms with Crippen LogP contribution in [0.4, 0.5) is 0 Å². The van der Waals surface area contributed by atoms with E-state index in [4.69, 9.17) is 0 Å². The summed E-state index contributed by atoms with van der Waals surface area (Å²) in [5.74, 6) is 0.488. The molecule has 0 nitrogen and oxygen atoms in total. The number of benzene rings is 3. The van der Waals surface area contributed by atoms with Gasteiger partial charge in [0.05, 0.1) is 0 Å². The molecule has 0 unspecified atom stereocenters. The molecule has 148 valence electrons. The van der Waals surface area contributed by atoms with Gasteiger partial charge in [0.15, 0.2) is 0 Å². The molecule has 4 aromatic rings. The van der Waals surface area contributed by atoms with Crippen molar-refractivity contribution in [1.29, 1.82) is 0 Å². The molecule has 0 N–H and O–H groups in total. The zero-order chi connectivity index (χ0) is 19.2. The van der Waals surface area contributed by atoms with E-state index in [0.29, 0.717) is 5.92 Å². The number of rotatable bonds is 3. The molecule has 5 rings (SSSR count). The van der Waals surface area contributed by atoms with Gasteiger partial charge in [-0.1, -0.05) is 30.4 Å². The van der Waals surface area contributed by atoms with Crippen molar-refractivity contribution in [1.82, 2.24) is 0 Å². The fourth-order valence-electron chi connectivity index (χ4n) is 3.40. The molecule has 1 aliphatic rings. The second kappa shape index (κ2) is 12.3. The number of fused-ring (bicyclic) bond motifs is 1. The maximum absolute atomic E-state index is 2.28. The first-order valence-electron chi connectivity index (χ1n) is 9.51. The van der Waals surface area contributed by atoms with Crippen LogP contribution in [0.15, 0.2) is 121 Å². The summed E-state index contributed by atoms with van der Waals surface area (Å²) in [5, 5.41) is 5.72. The topological polar surface area (TPSA) is 0 Å². The summed E-state index contributed by atoms with van der Waals surface area (Å²) in [6, 6.07) is 34.7. The number of allylic oxidation sites excluding steroid dienone is 4. The standard InChI is InChI=1S/C14H11.C12H10Si.2ClH.Zr/c1-2-6-11(5-1)14-9-12-7-3-4-8-13(12)10-14;1-3-7-11(8-4-1)13-12-9-5-2-6-10-12;;;/h1-11H;1-10H;2*1H;/q-1;;;;+2/p-2. The molecule has 4 heteroatoms. The summed E-state index contributed by atoms with van der Waals surface area (Å²) < 4.78 is 0. The molecule has 0 atom stereocenters. The van der Waals surface area contributed by atoms with Gasteiger partial charge in [0, 0.05) is 5.92 Å². The molecule has 0 aliphatic heterocycles. The Balaban J connectivity index is 0.000000200. The Morgan fingerprint density at radius 2 is 1.17 bits per heavy atom. The van der Waals surface area contributed by atoms with Crippen molar-refractivity contribution in [2.45, 2.75) is 5.92 Å². The molecular weight excluding hydrogens is 503 g/mol. The Morgan fingerprint density at radius 3 is 1.70 bits per heavy atom. The molecular formula is C26H21Cl2SiZr-. The zero-order valence-corrected chi connectivity index (χ0v) is 21.4. The van der Waals surface area contributed by atoms with Crippen molar-refractivity contribution in [2.24, 2.45) is 0 Å². The van der Waals surface area contributed by atoms with Crippen LogP contribution < -0.4 is 35.2 Å². The van der Waals surface area contributed by atoms with E-state index in [-0.39, 0.29) is 24.8 Å². The first-order valence-corrected chi connectivity index (χ1v) is 14.7. The van der Waals surface area contributed by atoms with E-state index in [2.05, 4.69) is 121 Å². The summed E-state index contributed by atoms with van der Waals surface area (Å²) in [6.45, 7) is 0. The normalized spacial score (nSPS) is 11.9. The molecule has 0 spiro atoms. The summed E-state index contributed by atoms with van der Waals surface area (Å²) in [7, 11) is 0. The molecule has 0 heterocycles. The second-order valence-electron chi connectivity index (χ2n) is 6.82. The van der Waals surface area contributed by atoms with Crippen molar-refractivity contribution in [3.8, 4) is 0 Å². The van der Waals surface area contributed by atoms with E-state index in [0.717, 1.165) is 0 Å². The fourth-order valence-corrected chi connectivity index (χ4v) is 7.24. The molecule has 0 fully saturated rings. The van der Waals surface area contributed by atoms with Crippen LogP contribution in [-0.4, -0.2) is 5.43 Å². The van der Waals surface area contributed by atoms with Crippen LogP contribution in [0.25, 0.3) is 10.8 Å². The van der Waals surface area contributed by atoms with Crippen LogP contribution in [0.5, 0.6) is 0 Å². The predicted octanol–water partition coefficient (Wildman–Crippen LogP) is -0.885. The molecule has 4 aromatic carbocycles. The van der Waals surface area contributed by atoms with Crippen LogP contribution in [0.3, 0.4) is 0 Å². The van der Waals surface area contributed by atoms with E-state index in [1.165, 1.54) is 26.7 Å². The third-order valence-electron chi connectivity index (χ3n) is 4.90. The second-order valence-corrected chi connectivity index (χ2v) is 12.4. The van der Waals surface area contributed by atoms with Gasteiger partial charge < -0.3 is 24.8 Å². The quantitative estimate of drug-likeness (QED) is 0.242. The van der Waals surface area contributed by atoms with Gasteiger partial charge in [-0.3, -0.25) is 0 Å². The first-order chi connectivity index (χ1) is 13.8. The van der Waals surface area contributed by atoms with Crippen molar-refractivity contribution >= 4 is 26.6 Å². The molecule has 30 heavy (non-hydrogen) atoms. The van der Waals surface area contributed by atoms with Crippen molar-refractivity contribution in [2.75, 3.05) is 0 Å². The maximum atomic E-state index is 2.28. The number of halogens is 2. The van der Waals surface area contributed by atoms with Crippen LogP contribution in [0.1, 0.15) is 11.5 Å². The van der Waals surface area contributed by atoms with Gasteiger partial charge in [0.1, 0.15) is 0 Å². The Hall–Kier alpha value is -1.57. The summed E-state index contributed by atoms with van der Waals surface area (Å²) in [6.07, 6.45) is 8.69.